The highest BCUT2D eigenvalue weighted by molar-refractivity contribution is 7.92. The zero-order valence-corrected chi connectivity index (χ0v) is 21.0. The summed E-state index contributed by atoms with van der Waals surface area (Å²) < 4.78 is 39.0. The van der Waals surface area contributed by atoms with Gasteiger partial charge in [-0.1, -0.05) is 29.8 Å². The first-order chi connectivity index (χ1) is 16.7. The van der Waals surface area contributed by atoms with E-state index in [2.05, 4.69) is 10.5 Å². The number of ether oxygens (including phenoxy) is 2. The van der Waals surface area contributed by atoms with Crippen LogP contribution in [-0.4, -0.2) is 40.3 Å². The summed E-state index contributed by atoms with van der Waals surface area (Å²) in [4.78, 5) is 12.8. The number of benzene rings is 3. The monoisotopic (exact) mass is 495 g/mol. The number of hydrogen-bond donors (Lipinski definition) is 1. The van der Waals surface area contributed by atoms with E-state index in [0.717, 1.165) is 21.2 Å². The van der Waals surface area contributed by atoms with E-state index >= 15 is 0 Å². The van der Waals surface area contributed by atoms with E-state index in [1.54, 1.807) is 60.7 Å². The van der Waals surface area contributed by atoms with Crippen LogP contribution in [-0.2, 0) is 14.8 Å². The fourth-order valence-electron chi connectivity index (χ4n) is 3.22. The molecule has 0 fully saturated rings. The Morgan fingerprint density at radius 3 is 2.31 bits per heavy atom. The Morgan fingerprint density at radius 2 is 1.69 bits per heavy atom. The molecule has 3 rings (SSSR count). The number of anilines is 1. The third-order valence-corrected chi connectivity index (χ3v) is 6.68. The zero-order chi connectivity index (χ0) is 25.4. The first kappa shape index (κ1) is 25.8. The molecule has 3 aromatic rings. The molecular formula is C26H29N3O5S. The molecule has 0 saturated heterocycles. The van der Waals surface area contributed by atoms with Gasteiger partial charge in [0, 0.05) is 0 Å². The molecule has 0 aromatic heterocycles. The number of sulfonamides is 1. The normalized spacial score (nSPS) is 11.5. The van der Waals surface area contributed by atoms with Gasteiger partial charge in [-0.3, -0.25) is 9.10 Å². The summed E-state index contributed by atoms with van der Waals surface area (Å²) in [6.45, 7) is 5.26. The largest absolute Gasteiger partial charge is 0.495 e. The third kappa shape index (κ3) is 6.83. The summed E-state index contributed by atoms with van der Waals surface area (Å²) in [5.41, 5.74) is 4.31. The number of hydrazone groups is 1. The van der Waals surface area contributed by atoms with Crippen molar-refractivity contribution >= 4 is 27.8 Å². The molecule has 0 aliphatic rings. The minimum absolute atomic E-state index is 0.0639. The molecular weight excluding hydrogens is 466 g/mol. The summed E-state index contributed by atoms with van der Waals surface area (Å²) in [7, 11) is -2.62. The molecule has 1 amide bonds. The van der Waals surface area contributed by atoms with Gasteiger partial charge in [0.2, 0.25) is 0 Å². The number of hydrogen-bond acceptors (Lipinski definition) is 6. The average molecular weight is 496 g/mol. The lowest BCUT2D eigenvalue weighted by Crippen LogP contribution is -2.39. The first-order valence-corrected chi connectivity index (χ1v) is 12.5. The Bertz CT molecular complexity index is 1270. The number of nitrogens with one attached hydrogen (secondary N) is 1. The van der Waals surface area contributed by atoms with Gasteiger partial charge in [0.1, 0.15) is 18.0 Å². The topological polar surface area (TPSA) is 97.3 Å². The highest BCUT2D eigenvalue weighted by atomic mass is 32.2. The molecule has 3 aromatic carbocycles. The smallest absolute Gasteiger partial charge is 0.264 e. The molecule has 0 spiro atoms. The van der Waals surface area contributed by atoms with Gasteiger partial charge in [0.25, 0.3) is 15.9 Å². The van der Waals surface area contributed by atoms with Gasteiger partial charge in [-0.25, -0.2) is 13.8 Å². The minimum atomic E-state index is -4.06. The second kappa shape index (κ2) is 11.5. The van der Waals surface area contributed by atoms with Crippen molar-refractivity contribution in [3.63, 3.8) is 0 Å². The maximum Gasteiger partial charge on any atom is 0.264 e. The Labute approximate surface area is 206 Å². The third-order valence-electron chi connectivity index (χ3n) is 4.90. The molecule has 35 heavy (non-hydrogen) atoms. The lowest BCUT2D eigenvalue weighted by atomic mass is 10.2. The van der Waals surface area contributed by atoms with Crippen LogP contribution >= 0.6 is 0 Å². The highest BCUT2D eigenvalue weighted by Crippen LogP contribution is 2.32. The van der Waals surface area contributed by atoms with E-state index in [0.29, 0.717) is 5.75 Å². The van der Waals surface area contributed by atoms with Gasteiger partial charge in [-0.05, 0) is 74.9 Å². The molecule has 0 saturated carbocycles. The van der Waals surface area contributed by atoms with Crippen molar-refractivity contribution in [1.82, 2.24) is 5.43 Å². The van der Waals surface area contributed by atoms with Crippen molar-refractivity contribution in [2.75, 3.05) is 18.0 Å². The Morgan fingerprint density at radius 1 is 1.03 bits per heavy atom. The Balaban J connectivity index is 1.80. The number of para-hydroxylation sites is 2. The number of methoxy groups -OCH3 is 1. The first-order valence-electron chi connectivity index (χ1n) is 11.0. The Hall–Kier alpha value is -3.85. The maximum atomic E-state index is 13.5. The standard InChI is InChI=1S/C26H29N3O5S/c1-19(2)34-22-13-11-21(12-14-22)17-27-28-26(30)18-29(24-7-5-6-8-25(24)33-4)35(31,32)23-15-9-20(3)10-16-23/h5-17,19H,18H2,1-4H3,(H,28,30)/b27-17-. The van der Waals surface area contributed by atoms with Crippen LogP contribution in [0, 0.1) is 6.92 Å². The molecule has 0 radical (unpaired) electrons. The number of carbonyl (C=O) groups excluding carboxylic acids is 1. The van der Waals surface area contributed by atoms with Gasteiger partial charge >= 0.3 is 0 Å². The van der Waals surface area contributed by atoms with Crippen molar-refractivity contribution in [1.29, 1.82) is 0 Å². The molecule has 0 aliphatic heterocycles. The van der Waals surface area contributed by atoms with Gasteiger partial charge in [0.05, 0.1) is 30.0 Å². The summed E-state index contributed by atoms with van der Waals surface area (Å²) >= 11 is 0. The quantitative estimate of drug-likeness (QED) is 0.337. The van der Waals surface area contributed by atoms with Crippen LogP contribution < -0.4 is 19.2 Å². The van der Waals surface area contributed by atoms with Crippen LogP contribution in [0.3, 0.4) is 0 Å². The second-order valence-electron chi connectivity index (χ2n) is 8.03. The number of rotatable bonds is 10. The van der Waals surface area contributed by atoms with E-state index in [1.165, 1.54) is 25.5 Å². The van der Waals surface area contributed by atoms with Crippen LogP contribution in [0.2, 0.25) is 0 Å². The second-order valence-corrected chi connectivity index (χ2v) is 9.89. The van der Waals surface area contributed by atoms with Crippen LogP contribution in [0.25, 0.3) is 0 Å². The molecule has 8 nitrogen and oxygen atoms in total. The van der Waals surface area contributed by atoms with Crippen LogP contribution in [0.4, 0.5) is 5.69 Å². The van der Waals surface area contributed by atoms with E-state index < -0.39 is 22.5 Å². The van der Waals surface area contributed by atoms with Crippen molar-refractivity contribution in [3.8, 4) is 11.5 Å². The molecule has 184 valence electrons. The predicted molar refractivity (Wildman–Crippen MR) is 137 cm³/mol. The van der Waals surface area contributed by atoms with Gasteiger partial charge in [-0.15, -0.1) is 0 Å². The van der Waals surface area contributed by atoms with E-state index in [1.807, 2.05) is 20.8 Å². The average Bonchev–Trinajstić information content (AvgIpc) is 2.83. The van der Waals surface area contributed by atoms with Crippen LogP contribution in [0.5, 0.6) is 11.5 Å². The molecule has 0 atom stereocenters. The zero-order valence-electron chi connectivity index (χ0n) is 20.1. The summed E-state index contributed by atoms with van der Waals surface area (Å²) in [5.74, 6) is 0.445. The SMILES string of the molecule is COc1ccccc1N(CC(=O)N/N=C\c1ccc(OC(C)C)cc1)S(=O)(=O)c1ccc(C)cc1. The fraction of sp³-hybridized carbons (Fsp3) is 0.231. The van der Waals surface area contributed by atoms with Crippen LogP contribution in [0.15, 0.2) is 82.8 Å². The molecule has 9 heteroatoms. The van der Waals surface area contributed by atoms with Crippen LogP contribution in [0.1, 0.15) is 25.0 Å². The lowest BCUT2D eigenvalue weighted by Gasteiger charge is -2.25. The maximum absolute atomic E-state index is 13.5. The summed E-state index contributed by atoms with van der Waals surface area (Å²) in [6.07, 6.45) is 1.54. The molecule has 0 bridgehead atoms. The molecule has 0 unspecified atom stereocenters. The number of amides is 1. The predicted octanol–water partition coefficient (Wildman–Crippen LogP) is 4.14. The van der Waals surface area contributed by atoms with Crippen molar-refractivity contribution in [3.05, 3.63) is 83.9 Å². The van der Waals surface area contributed by atoms with Crippen molar-refractivity contribution in [2.24, 2.45) is 5.10 Å². The highest BCUT2D eigenvalue weighted by Gasteiger charge is 2.29. The minimum Gasteiger partial charge on any atom is -0.495 e. The fourth-order valence-corrected chi connectivity index (χ4v) is 4.65. The molecule has 0 aliphatic carbocycles. The van der Waals surface area contributed by atoms with Gasteiger partial charge < -0.3 is 9.47 Å². The number of nitrogens with zero attached hydrogens (tertiary/aromatic N) is 2. The van der Waals surface area contributed by atoms with Crippen molar-refractivity contribution < 1.29 is 22.7 Å². The molecule has 0 heterocycles. The molecule has 1 N–H and O–H groups in total. The van der Waals surface area contributed by atoms with E-state index in [4.69, 9.17) is 9.47 Å². The lowest BCUT2D eigenvalue weighted by molar-refractivity contribution is -0.119. The van der Waals surface area contributed by atoms with E-state index in [9.17, 15) is 13.2 Å². The van der Waals surface area contributed by atoms with Gasteiger partial charge in [0.15, 0.2) is 0 Å². The van der Waals surface area contributed by atoms with Gasteiger partial charge in [-0.2, -0.15) is 5.10 Å². The number of carbonyl (C=O) groups is 1. The summed E-state index contributed by atoms with van der Waals surface area (Å²) in [5, 5.41) is 3.97. The summed E-state index contributed by atoms with van der Waals surface area (Å²) in [6, 6.07) is 20.3. The van der Waals surface area contributed by atoms with Crippen molar-refractivity contribution in [2.45, 2.75) is 31.8 Å². The van der Waals surface area contributed by atoms with E-state index in [-0.39, 0.29) is 16.7 Å². The Kier molecular flexibility index (Phi) is 8.48. The number of aryl methyl sites for hydroxylation is 1.